The minimum atomic E-state index is -0.692. The summed E-state index contributed by atoms with van der Waals surface area (Å²) in [5.41, 5.74) is 2.32. The van der Waals surface area contributed by atoms with E-state index in [2.05, 4.69) is 10.5 Å². The third-order valence-corrected chi connectivity index (χ3v) is 4.47. The van der Waals surface area contributed by atoms with Crippen molar-refractivity contribution in [2.24, 2.45) is 5.10 Å². The summed E-state index contributed by atoms with van der Waals surface area (Å²) >= 11 is 0. The van der Waals surface area contributed by atoms with E-state index in [0.717, 1.165) is 50.3 Å². The van der Waals surface area contributed by atoms with E-state index in [-0.39, 0.29) is 28.3 Å². The second-order valence-electron chi connectivity index (χ2n) is 6.35. The molecule has 1 fully saturated rings. The van der Waals surface area contributed by atoms with Crippen LogP contribution >= 0.6 is 0 Å². The summed E-state index contributed by atoms with van der Waals surface area (Å²) in [7, 11) is 0. The summed E-state index contributed by atoms with van der Waals surface area (Å²) in [6.45, 7) is 1.45. The maximum absolute atomic E-state index is 12.3. The van der Waals surface area contributed by atoms with E-state index in [1.165, 1.54) is 18.2 Å². The predicted octanol–water partition coefficient (Wildman–Crippen LogP) is 2.57. The molecule has 0 saturated carbocycles. The molecule has 0 atom stereocenters. The molecule has 0 aliphatic carbocycles. The summed E-state index contributed by atoms with van der Waals surface area (Å²) in [5.74, 6) is -0.943. The highest BCUT2D eigenvalue weighted by atomic mass is 16.6. The van der Waals surface area contributed by atoms with Crippen LogP contribution in [0.2, 0.25) is 0 Å². The van der Waals surface area contributed by atoms with Crippen LogP contribution in [0.3, 0.4) is 0 Å². The van der Waals surface area contributed by atoms with Gasteiger partial charge in [0.15, 0.2) is 0 Å². The largest absolute Gasteiger partial charge is 0.507 e. The lowest BCUT2D eigenvalue weighted by Gasteiger charge is -2.17. The Kier molecular flexibility index (Phi) is 5.67. The number of phenolic OH excluding ortho intramolecular Hbond substituents is 1. The van der Waals surface area contributed by atoms with E-state index in [1.54, 1.807) is 0 Å². The van der Waals surface area contributed by atoms with Gasteiger partial charge in [-0.2, -0.15) is 5.10 Å². The van der Waals surface area contributed by atoms with Crippen LogP contribution < -0.4 is 10.3 Å². The van der Waals surface area contributed by atoms with E-state index in [1.807, 2.05) is 4.90 Å². The van der Waals surface area contributed by atoms with Gasteiger partial charge in [-0.25, -0.2) is 5.43 Å². The molecule has 1 heterocycles. The van der Waals surface area contributed by atoms with Gasteiger partial charge in [-0.05, 0) is 31.0 Å². The first-order valence-corrected chi connectivity index (χ1v) is 8.71. The minimum absolute atomic E-state index is 0.0369. The van der Waals surface area contributed by atoms with E-state index in [4.69, 9.17) is 0 Å². The lowest BCUT2D eigenvalue weighted by atomic mass is 10.1. The van der Waals surface area contributed by atoms with Crippen molar-refractivity contribution in [3.8, 4) is 5.75 Å². The smallest absolute Gasteiger partial charge is 0.293 e. The van der Waals surface area contributed by atoms with Gasteiger partial charge >= 0.3 is 0 Å². The molecule has 2 aromatic rings. The van der Waals surface area contributed by atoms with E-state index < -0.39 is 15.8 Å². The second kappa shape index (κ2) is 8.33. The number of nitrogens with zero attached hydrogens (tertiary/aromatic N) is 4. The van der Waals surface area contributed by atoms with Gasteiger partial charge in [-0.15, -0.1) is 0 Å². The average molecular weight is 399 g/mol. The van der Waals surface area contributed by atoms with Crippen LogP contribution in [0.15, 0.2) is 41.5 Å². The number of carbonyl (C=O) groups excluding carboxylic acids is 1. The van der Waals surface area contributed by atoms with Crippen molar-refractivity contribution < 1.29 is 19.7 Å². The molecular formula is C18H17N5O6. The van der Waals surface area contributed by atoms with Crippen molar-refractivity contribution in [3.05, 3.63) is 67.8 Å². The van der Waals surface area contributed by atoms with Gasteiger partial charge in [0.1, 0.15) is 11.4 Å². The van der Waals surface area contributed by atoms with E-state index in [9.17, 15) is 30.1 Å². The summed E-state index contributed by atoms with van der Waals surface area (Å²) in [6.07, 6.45) is 2.96. The zero-order valence-corrected chi connectivity index (χ0v) is 15.1. The Bertz CT molecular complexity index is 1000. The van der Waals surface area contributed by atoms with Crippen molar-refractivity contribution in [3.63, 3.8) is 0 Å². The molecule has 150 valence electrons. The van der Waals surface area contributed by atoms with E-state index in [0.29, 0.717) is 5.69 Å². The number of non-ortho nitro benzene ring substituents is 1. The maximum atomic E-state index is 12.3. The molecule has 3 rings (SSSR count). The Morgan fingerprint density at radius 3 is 2.48 bits per heavy atom. The molecule has 1 aliphatic rings. The first kappa shape index (κ1) is 19.7. The number of nitro groups is 2. The van der Waals surface area contributed by atoms with E-state index >= 15 is 0 Å². The number of amides is 1. The van der Waals surface area contributed by atoms with Crippen LogP contribution in [0.1, 0.15) is 28.8 Å². The van der Waals surface area contributed by atoms with Crippen molar-refractivity contribution >= 4 is 29.2 Å². The monoisotopic (exact) mass is 399 g/mol. The fourth-order valence-electron chi connectivity index (χ4n) is 3.02. The Labute approximate surface area is 164 Å². The van der Waals surface area contributed by atoms with Crippen LogP contribution in [0.4, 0.5) is 17.1 Å². The number of phenols is 1. The van der Waals surface area contributed by atoms with Crippen molar-refractivity contribution in [1.82, 2.24) is 5.43 Å². The van der Waals surface area contributed by atoms with Gasteiger partial charge in [0.2, 0.25) is 0 Å². The molecule has 2 aromatic carbocycles. The number of carbonyl (C=O) groups is 1. The molecule has 1 aliphatic heterocycles. The third kappa shape index (κ3) is 4.46. The van der Waals surface area contributed by atoms with Crippen LogP contribution in [0.5, 0.6) is 5.75 Å². The van der Waals surface area contributed by atoms with Crippen LogP contribution in [0, 0.1) is 20.2 Å². The number of hydrogen-bond acceptors (Lipinski definition) is 8. The minimum Gasteiger partial charge on any atom is -0.507 e. The normalized spacial score (nSPS) is 13.6. The first-order valence-electron chi connectivity index (χ1n) is 8.71. The lowest BCUT2D eigenvalue weighted by Crippen LogP contribution is -2.21. The summed E-state index contributed by atoms with van der Waals surface area (Å²) < 4.78 is 0. The van der Waals surface area contributed by atoms with Crippen molar-refractivity contribution in [2.45, 2.75) is 12.8 Å². The quantitative estimate of drug-likeness (QED) is 0.430. The maximum Gasteiger partial charge on any atom is 0.293 e. The highest BCUT2D eigenvalue weighted by molar-refractivity contribution is 5.96. The molecule has 11 nitrogen and oxygen atoms in total. The SMILES string of the molecule is O=C(N/N=C\c1cc([N+](=O)[O-])ccc1O)c1ccc(N2CCCC2)c([N+](=O)[O-])c1. The fraction of sp³-hybridized carbons (Fsp3) is 0.222. The molecule has 1 amide bonds. The topological polar surface area (TPSA) is 151 Å². The Morgan fingerprint density at radius 2 is 1.83 bits per heavy atom. The summed E-state index contributed by atoms with van der Waals surface area (Å²) in [6, 6.07) is 7.56. The number of hydrazone groups is 1. The highest BCUT2D eigenvalue weighted by Crippen LogP contribution is 2.31. The number of aromatic hydroxyl groups is 1. The van der Waals surface area contributed by atoms with Gasteiger partial charge < -0.3 is 10.0 Å². The van der Waals surface area contributed by atoms with Crippen LogP contribution in [-0.4, -0.2) is 40.2 Å². The lowest BCUT2D eigenvalue weighted by molar-refractivity contribution is -0.384. The summed E-state index contributed by atoms with van der Waals surface area (Å²) in [4.78, 5) is 35.2. The molecule has 2 N–H and O–H groups in total. The van der Waals surface area contributed by atoms with Crippen molar-refractivity contribution in [2.75, 3.05) is 18.0 Å². The molecule has 0 bridgehead atoms. The molecule has 1 saturated heterocycles. The third-order valence-electron chi connectivity index (χ3n) is 4.47. The molecule has 0 aromatic heterocycles. The zero-order valence-electron chi connectivity index (χ0n) is 15.1. The number of nitrogens with one attached hydrogen (secondary N) is 1. The number of benzene rings is 2. The van der Waals surface area contributed by atoms with Gasteiger partial charge in [0.25, 0.3) is 17.3 Å². The zero-order chi connectivity index (χ0) is 21.0. The molecule has 11 heteroatoms. The van der Waals surface area contributed by atoms with Gasteiger partial charge in [-0.1, -0.05) is 0 Å². The molecule has 0 spiro atoms. The van der Waals surface area contributed by atoms with Crippen molar-refractivity contribution in [1.29, 1.82) is 0 Å². The number of hydrogen-bond donors (Lipinski definition) is 2. The average Bonchev–Trinajstić information content (AvgIpc) is 3.23. The Hall–Kier alpha value is -4.02. The standard InChI is InChI=1S/C18H17N5O6/c24-17-6-4-14(22(26)27)9-13(17)11-19-20-18(25)12-3-5-15(16(10-12)23(28)29)21-7-1-2-8-21/h3-6,9-11,24H,1-2,7-8H2,(H,20,25)/b19-11-. The van der Waals surface area contributed by atoms with Gasteiger partial charge in [0.05, 0.1) is 16.1 Å². The molecular weight excluding hydrogens is 382 g/mol. The fourth-order valence-corrected chi connectivity index (χ4v) is 3.02. The first-order chi connectivity index (χ1) is 13.9. The Balaban J connectivity index is 1.76. The Morgan fingerprint density at radius 1 is 1.10 bits per heavy atom. The number of anilines is 1. The molecule has 0 unspecified atom stereocenters. The second-order valence-corrected chi connectivity index (χ2v) is 6.35. The summed E-state index contributed by atoms with van der Waals surface area (Å²) in [5, 5.41) is 35.6. The molecule has 29 heavy (non-hydrogen) atoms. The predicted molar refractivity (Wildman–Crippen MR) is 104 cm³/mol. The highest BCUT2D eigenvalue weighted by Gasteiger charge is 2.23. The van der Waals surface area contributed by atoms with Crippen LogP contribution in [-0.2, 0) is 0 Å². The van der Waals surface area contributed by atoms with Gasteiger partial charge in [0, 0.05) is 42.4 Å². The van der Waals surface area contributed by atoms with Crippen LogP contribution in [0.25, 0.3) is 0 Å². The number of nitro benzene ring substituents is 2. The molecule has 0 radical (unpaired) electrons. The number of rotatable bonds is 6. The van der Waals surface area contributed by atoms with Gasteiger partial charge in [-0.3, -0.25) is 25.0 Å².